The highest BCUT2D eigenvalue weighted by Crippen LogP contribution is 2.31. The number of nitrogens with zero attached hydrogens (tertiary/aromatic N) is 1. The molecule has 0 aliphatic carbocycles. The SMILES string of the molecule is CC1(CCN2CCC(C(=O)O)C2)COC1. The van der Waals surface area contributed by atoms with E-state index in [-0.39, 0.29) is 5.92 Å². The molecule has 0 spiro atoms. The first kappa shape index (κ1) is 10.9. The number of carboxylic acids is 1. The van der Waals surface area contributed by atoms with Crippen LogP contribution in [0.1, 0.15) is 19.8 Å². The molecule has 0 aromatic heterocycles. The van der Waals surface area contributed by atoms with Crippen LogP contribution in [0.5, 0.6) is 0 Å². The molecule has 1 N–H and O–H groups in total. The molecule has 0 saturated carbocycles. The molecule has 0 bridgehead atoms. The fourth-order valence-electron chi connectivity index (χ4n) is 2.26. The van der Waals surface area contributed by atoms with Gasteiger partial charge in [-0.2, -0.15) is 0 Å². The normalized spacial score (nSPS) is 30.1. The van der Waals surface area contributed by atoms with Crippen LogP contribution in [0.15, 0.2) is 0 Å². The van der Waals surface area contributed by atoms with Crippen molar-refractivity contribution in [1.82, 2.24) is 4.90 Å². The van der Waals surface area contributed by atoms with Crippen molar-refractivity contribution in [2.24, 2.45) is 11.3 Å². The van der Waals surface area contributed by atoms with Crippen LogP contribution < -0.4 is 0 Å². The second-order valence-corrected chi connectivity index (χ2v) is 5.18. The van der Waals surface area contributed by atoms with E-state index >= 15 is 0 Å². The van der Waals surface area contributed by atoms with E-state index in [1.165, 1.54) is 0 Å². The van der Waals surface area contributed by atoms with Gasteiger partial charge in [0, 0.05) is 12.0 Å². The summed E-state index contributed by atoms with van der Waals surface area (Å²) in [4.78, 5) is 13.0. The van der Waals surface area contributed by atoms with Gasteiger partial charge >= 0.3 is 5.97 Å². The highest BCUT2D eigenvalue weighted by atomic mass is 16.5. The van der Waals surface area contributed by atoms with Gasteiger partial charge in [0.1, 0.15) is 0 Å². The Morgan fingerprint density at radius 1 is 1.60 bits per heavy atom. The van der Waals surface area contributed by atoms with E-state index < -0.39 is 5.97 Å². The second kappa shape index (κ2) is 4.10. The molecule has 1 atom stereocenters. The summed E-state index contributed by atoms with van der Waals surface area (Å²) in [5, 5.41) is 8.87. The molecular weight excluding hydrogens is 194 g/mol. The van der Waals surface area contributed by atoms with E-state index in [1.54, 1.807) is 0 Å². The summed E-state index contributed by atoms with van der Waals surface area (Å²) in [6.45, 7) is 6.65. The molecule has 0 amide bonds. The third kappa shape index (κ3) is 2.49. The van der Waals surface area contributed by atoms with E-state index in [1.807, 2.05) is 0 Å². The number of carbonyl (C=O) groups is 1. The first-order chi connectivity index (χ1) is 7.09. The summed E-state index contributed by atoms with van der Waals surface area (Å²) in [6, 6.07) is 0. The number of hydrogen-bond acceptors (Lipinski definition) is 3. The summed E-state index contributed by atoms with van der Waals surface area (Å²) in [6.07, 6.45) is 1.93. The standard InChI is InChI=1S/C11H19NO3/c1-11(7-15-8-11)3-5-12-4-2-9(6-12)10(13)14/h9H,2-8H2,1H3,(H,13,14). The highest BCUT2D eigenvalue weighted by Gasteiger charge is 2.35. The van der Waals surface area contributed by atoms with Crippen molar-refractivity contribution >= 4 is 5.97 Å². The molecule has 0 aromatic rings. The van der Waals surface area contributed by atoms with Gasteiger partial charge in [-0.1, -0.05) is 6.92 Å². The van der Waals surface area contributed by atoms with E-state index in [2.05, 4.69) is 11.8 Å². The minimum Gasteiger partial charge on any atom is -0.481 e. The largest absolute Gasteiger partial charge is 0.481 e. The summed E-state index contributed by atoms with van der Waals surface area (Å²) in [5.74, 6) is -0.786. The molecule has 2 aliphatic rings. The Morgan fingerprint density at radius 2 is 2.33 bits per heavy atom. The lowest BCUT2D eigenvalue weighted by Gasteiger charge is -2.39. The topological polar surface area (TPSA) is 49.8 Å². The Labute approximate surface area is 90.2 Å². The molecule has 4 heteroatoms. The average Bonchev–Trinajstić information content (AvgIpc) is 2.60. The minimum atomic E-state index is -0.643. The average molecular weight is 213 g/mol. The predicted molar refractivity (Wildman–Crippen MR) is 55.7 cm³/mol. The Morgan fingerprint density at radius 3 is 2.80 bits per heavy atom. The number of rotatable bonds is 4. The van der Waals surface area contributed by atoms with Crippen molar-refractivity contribution in [1.29, 1.82) is 0 Å². The van der Waals surface area contributed by atoms with E-state index in [0.29, 0.717) is 5.41 Å². The van der Waals surface area contributed by atoms with Crippen LogP contribution in [0.25, 0.3) is 0 Å². The van der Waals surface area contributed by atoms with Crippen molar-refractivity contribution < 1.29 is 14.6 Å². The Balaban J connectivity index is 1.70. The van der Waals surface area contributed by atoms with Crippen LogP contribution in [0.3, 0.4) is 0 Å². The zero-order valence-electron chi connectivity index (χ0n) is 9.24. The molecule has 2 saturated heterocycles. The lowest BCUT2D eigenvalue weighted by atomic mass is 9.85. The summed E-state index contributed by atoms with van der Waals surface area (Å²) in [7, 11) is 0. The molecule has 15 heavy (non-hydrogen) atoms. The first-order valence-corrected chi connectivity index (χ1v) is 5.62. The van der Waals surface area contributed by atoms with E-state index in [9.17, 15) is 4.79 Å². The van der Waals surface area contributed by atoms with Crippen LogP contribution >= 0.6 is 0 Å². The summed E-state index contributed by atoms with van der Waals surface area (Å²) < 4.78 is 5.20. The minimum absolute atomic E-state index is 0.143. The van der Waals surface area contributed by atoms with E-state index in [0.717, 1.165) is 45.7 Å². The predicted octanol–water partition coefficient (Wildman–Crippen LogP) is 0.820. The Bertz CT molecular complexity index is 250. The maximum atomic E-state index is 10.8. The number of likely N-dealkylation sites (tertiary alicyclic amines) is 1. The van der Waals surface area contributed by atoms with Gasteiger partial charge in [-0.25, -0.2) is 0 Å². The molecule has 2 aliphatic heterocycles. The monoisotopic (exact) mass is 213 g/mol. The van der Waals surface area contributed by atoms with Gasteiger partial charge < -0.3 is 14.7 Å². The first-order valence-electron chi connectivity index (χ1n) is 5.62. The zero-order chi connectivity index (χ0) is 10.9. The third-order valence-electron chi connectivity index (χ3n) is 3.55. The van der Waals surface area contributed by atoms with Crippen molar-refractivity contribution in [3.63, 3.8) is 0 Å². The number of hydrogen-bond donors (Lipinski definition) is 1. The molecule has 86 valence electrons. The van der Waals surface area contributed by atoms with Crippen molar-refractivity contribution in [3.8, 4) is 0 Å². The van der Waals surface area contributed by atoms with Crippen LogP contribution in [-0.2, 0) is 9.53 Å². The zero-order valence-corrected chi connectivity index (χ0v) is 9.24. The second-order valence-electron chi connectivity index (χ2n) is 5.18. The smallest absolute Gasteiger partial charge is 0.307 e. The molecule has 2 heterocycles. The third-order valence-corrected chi connectivity index (χ3v) is 3.55. The van der Waals surface area contributed by atoms with Crippen LogP contribution in [0.4, 0.5) is 0 Å². The van der Waals surface area contributed by atoms with Gasteiger partial charge in [0.15, 0.2) is 0 Å². The maximum Gasteiger partial charge on any atom is 0.307 e. The number of ether oxygens (including phenoxy) is 1. The molecule has 1 unspecified atom stereocenters. The van der Waals surface area contributed by atoms with Gasteiger partial charge in [-0.3, -0.25) is 4.79 Å². The van der Waals surface area contributed by atoms with Gasteiger partial charge in [0.05, 0.1) is 19.1 Å². The molecule has 2 rings (SSSR count). The summed E-state index contributed by atoms with van der Waals surface area (Å²) in [5.41, 5.74) is 0.349. The Kier molecular flexibility index (Phi) is 2.98. The number of aliphatic carboxylic acids is 1. The van der Waals surface area contributed by atoms with Gasteiger partial charge in [0.25, 0.3) is 0 Å². The van der Waals surface area contributed by atoms with Crippen molar-refractivity contribution in [2.75, 3.05) is 32.8 Å². The van der Waals surface area contributed by atoms with E-state index in [4.69, 9.17) is 9.84 Å². The van der Waals surface area contributed by atoms with Crippen molar-refractivity contribution in [2.45, 2.75) is 19.8 Å². The van der Waals surface area contributed by atoms with Crippen LogP contribution in [0, 0.1) is 11.3 Å². The maximum absolute atomic E-state index is 10.8. The number of carboxylic acid groups (broad SMARTS) is 1. The van der Waals surface area contributed by atoms with Gasteiger partial charge in [0.2, 0.25) is 0 Å². The fourth-order valence-corrected chi connectivity index (χ4v) is 2.26. The quantitative estimate of drug-likeness (QED) is 0.751. The van der Waals surface area contributed by atoms with Crippen LogP contribution in [-0.4, -0.2) is 48.8 Å². The van der Waals surface area contributed by atoms with Crippen molar-refractivity contribution in [3.05, 3.63) is 0 Å². The fraction of sp³-hybridized carbons (Fsp3) is 0.909. The van der Waals surface area contributed by atoms with Gasteiger partial charge in [-0.15, -0.1) is 0 Å². The van der Waals surface area contributed by atoms with Gasteiger partial charge in [-0.05, 0) is 25.9 Å². The molecule has 0 radical (unpaired) electrons. The lowest BCUT2D eigenvalue weighted by molar-refractivity contribution is -0.141. The Hall–Kier alpha value is -0.610. The molecule has 2 fully saturated rings. The molecule has 0 aromatic carbocycles. The molecular formula is C11H19NO3. The van der Waals surface area contributed by atoms with Crippen LogP contribution in [0.2, 0.25) is 0 Å². The lowest BCUT2D eigenvalue weighted by Crippen LogP contribution is -2.42. The highest BCUT2D eigenvalue weighted by molar-refractivity contribution is 5.70. The molecule has 4 nitrogen and oxygen atoms in total. The summed E-state index contributed by atoms with van der Waals surface area (Å²) >= 11 is 0.